The van der Waals surface area contributed by atoms with Gasteiger partial charge in [0.2, 0.25) is 0 Å². The zero-order valence-corrected chi connectivity index (χ0v) is 14.0. The summed E-state index contributed by atoms with van der Waals surface area (Å²) < 4.78 is 3.36. The van der Waals surface area contributed by atoms with Gasteiger partial charge in [0.15, 0.2) is 0 Å². The van der Waals surface area contributed by atoms with Crippen molar-refractivity contribution in [3.63, 3.8) is 0 Å². The van der Waals surface area contributed by atoms with Crippen molar-refractivity contribution in [2.45, 2.75) is 44.3 Å². The number of piperidine rings is 1. The van der Waals surface area contributed by atoms with Crippen molar-refractivity contribution in [2.24, 2.45) is 0 Å². The number of hydrogen-bond acceptors (Lipinski definition) is 1. The van der Waals surface area contributed by atoms with E-state index in [1.165, 1.54) is 50.5 Å². The van der Waals surface area contributed by atoms with Gasteiger partial charge in [0, 0.05) is 0 Å². The van der Waals surface area contributed by atoms with Gasteiger partial charge in [-0.1, -0.05) is 6.42 Å². The van der Waals surface area contributed by atoms with Crippen molar-refractivity contribution in [3.8, 4) is 0 Å². The monoisotopic (exact) mass is 314 g/mol. The topological polar surface area (TPSA) is 3.24 Å². The maximum absolute atomic E-state index is 2.39. The van der Waals surface area contributed by atoms with E-state index >= 15 is 0 Å². The molecule has 0 bridgehead atoms. The average molecular weight is 314 g/mol. The molecule has 20 heavy (non-hydrogen) atoms. The van der Waals surface area contributed by atoms with Gasteiger partial charge in [-0.3, -0.25) is 0 Å². The van der Waals surface area contributed by atoms with Crippen LogP contribution in [0.25, 0.3) is 0 Å². The summed E-state index contributed by atoms with van der Waals surface area (Å²) in [5.41, 5.74) is 0. The number of allylic oxidation sites excluding steroid dienone is 8. The summed E-state index contributed by atoms with van der Waals surface area (Å²) in [5.74, 6) is 0. The molecule has 0 saturated carbocycles. The molecule has 1 saturated heterocycles. The summed E-state index contributed by atoms with van der Waals surface area (Å²) >= 11 is -0.153. The molecule has 0 spiro atoms. The maximum atomic E-state index is 2.39. The Balaban J connectivity index is 0.000000178. The Morgan fingerprint density at radius 3 is 1.80 bits per heavy atom. The van der Waals surface area contributed by atoms with Crippen LogP contribution in [0.5, 0.6) is 0 Å². The third-order valence-electron chi connectivity index (χ3n) is 3.81. The zero-order chi connectivity index (χ0) is 14.2. The molecule has 0 aromatic carbocycles. The molecular weight excluding hydrogens is 286 g/mol. The zero-order valence-electron chi connectivity index (χ0n) is 12.9. The molecule has 1 fully saturated rings. The molecule has 0 unspecified atom stereocenters. The van der Waals surface area contributed by atoms with Crippen molar-refractivity contribution in [3.05, 3.63) is 45.4 Å². The van der Waals surface area contributed by atoms with Gasteiger partial charge < -0.3 is 4.90 Å². The Morgan fingerprint density at radius 2 is 1.50 bits per heavy atom. The predicted octanol–water partition coefficient (Wildman–Crippen LogP) is 4.83. The van der Waals surface area contributed by atoms with E-state index < -0.39 is 0 Å². The van der Waals surface area contributed by atoms with E-state index in [0.717, 1.165) is 0 Å². The van der Waals surface area contributed by atoms with E-state index in [0.29, 0.717) is 0 Å². The molecule has 0 aromatic rings. The van der Waals surface area contributed by atoms with Gasteiger partial charge in [-0.25, -0.2) is 0 Å². The molecule has 3 aliphatic rings. The molecule has 2 heteroatoms. The Hall–Kier alpha value is -0.561. The summed E-state index contributed by atoms with van der Waals surface area (Å²) in [6.45, 7) is 4.96. The van der Waals surface area contributed by atoms with Gasteiger partial charge in [0.05, 0.1) is 0 Å². The fourth-order valence-corrected chi connectivity index (χ4v) is 5.59. The first-order valence-corrected chi connectivity index (χ1v) is 9.71. The van der Waals surface area contributed by atoms with E-state index in [-0.39, 0.29) is 13.9 Å². The summed E-state index contributed by atoms with van der Waals surface area (Å²) in [6, 6.07) is 0. The second kappa shape index (κ2) is 8.67. The first-order valence-electron chi connectivity index (χ1n) is 7.82. The molecule has 0 amide bonds. The van der Waals surface area contributed by atoms with E-state index in [1.807, 2.05) is 0 Å². The Kier molecular flexibility index (Phi) is 6.86. The molecule has 1 heterocycles. The molecule has 0 aromatic heterocycles. The summed E-state index contributed by atoms with van der Waals surface area (Å²) in [5, 5.41) is 1.32. The van der Waals surface area contributed by atoms with Crippen LogP contribution in [-0.2, 0) is 13.9 Å². The van der Waals surface area contributed by atoms with Gasteiger partial charge in [-0.05, 0) is 33.0 Å². The van der Waals surface area contributed by atoms with Crippen LogP contribution in [0.3, 0.4) is 0 Å². The van der Waals surface area contributed by atoms with E-state index in [9.17, 15) is 0 Å². The second-order valence-electron chi connectivity index (χ2n) is 5.41. The summed E-state index contributed by atoms with van der Waals surface area (Å²) in [6.07, 6.45) is 20.3. The normalized spacial score (nSPS) is 22.2. The Bertz CT molecular complexity index is 381. The molecule has 1 nitrogen and oxygen atoms in total. The number of rotatable bonds is 3. The third kappa shape index (κ3) is 4.77. The molecular formula is C18H28FeN. The molecule has 1 aliphatic heterocycles. The Morgan fingerprint density at radius 1 is 0.950 bits per heavy atom. The third-order valence-corrected chi connectivity index (χ3v) is 7.12. The molecule has 3 rings (SSSR count). The van der Waals surface area contributed by atoms with Gasteiger partial charge in [0.1, 0.15) is 0 Å². The van der Waals surface area contributed by atoms with Crippen LogP contribution in [-0.4, -0.2) is 25.0 Å². The Labute approximate surface area is 129 Å². The van der Waals surface area contributed by atoms with Crippen molar-refractivity contribution >= 4 is 0 Å². The van der Waals surface area contributed by atoms with E-state index in [4.69, 9.17) is 0 Å². The average Bonchev–Trinajstić information content (AvgIpc) is 3.15. The van der Waals surface area contributed by atoms with Crippen LogP contribution in [0.4, 0.5) is 0 Å². The minimum absolute atomic E-state index is 0.153. The SMILES string of the molecule is CN1CCCCC1.C[CH2][Fe]([C]1=CC=CC1)[C]1=CC=CC1. The van der Waals surface area contributed by atoms with Crippen molar-refractivity contribution < 1.29 is 13.9 Å². The summed E-state index contributed by atoms with van der Waals surface area (Å²) in [4.78, 5) is 2.39. The van der Waals surface area contributed by atoms with Crippen LogP contribution in [0.2, 0.25) is 5.32 Å². The van der Waals surface area contributed by atoms with Crippen LogP contribution >= 0.6 is 0 Å². The van der Waals surface area contributed by atoms with Crippen LogP contribution in [0.15, 0.2) is 45.4 Å². The van der Waals surface area contributed by atoms with Gasteiger partial charge >= 0.3 is 84.4 Å². The first-order chi connectivity index (χ1) is 9.81. The minimum atomic E-state index is -0.153. The van der Waals surface area contributed by atoms with E-state index in [2.05, 4.69) is 55.3 Å². The standard InChI is InChI=1S/C6H13N.2C5H5.C2H5.Fe/c1-7-5-3-2-4-6-7;2*1-2-4-5-3-1;1-2;/h2-6H2,1H3;2*1-3H,4H2;1H2,2H3;. The van der Waals surface area contributed by atoms with Gasteiger partial charge in [-0.2, -0.15) is 0 Å². The van der Waals surface area contributed by atoms with Crippen molar-refractivity contribution in [1.29, 1.82) is 0 Å². The molecule has 113 valence electrons. The number of nitrogens with zero attached hydrogens (tertiary/aromatic N) is 1. The fourth-order valence-electron chi connectivity index (χ4n) is 2.67. The predicted molar refractivity (Wildman–Crippen MR) is 85.5 cm³/mol. The van der Waals surface area contributed by atoms with Crippen LogP contribution < -0.4 is 0 Å². The summed E-state index contributed by atoms with van der Waals surface area (Å²) in [7, 11) is 2.19. The fraction of sp³-hybridized carbons (Fsp3) is 0.556. The molecule has 2 aliphatic carbocycles. The van der Waals surface area contributed by atoms with E-state index in [1.54, 1.807) is 8.94 Å². The van der Waals surface area contributed by atoms with Gasteiger partial charge in [-0.15, -0.1) is 0 Å². The second-order valence-corrected chi connectivity index (χ2v) is 8.67. The first kappa shape index (κ1) is 15.8. The van der Waals surface area contributed by atoms with Crippen molar-refractivity contribution in [2.75, 3.05) is 20.1 Å². The van der Waals surface area contributed by atoms with Crippen LogP contribution in [0.1, 0.15) is 39.0 Å². The quantitative estimate of drug-likeness (QED) is 0.674. The molecule has 0 radical (unpaired) electrons. The van der Waals surface area contributed by atoms with Gasteiger partial charge in [0.25, 0.3) is 0 Å². The van der Waals surface area contributed by atoms with Crippen LogP contribution in [0, 0.1) is 0 Å². The number of hydrogen-bond donors (Lipinski definition) is 0. The van der Waals surface area contributed by atoms with Crippen molar-refractivity contribution in [1.82, 2.24) is 4.90 Å². The number of likely N-dealkylation sites (tertiary alicyclic amines) is 1. The molecule has 0 N–H and O–H groups in total. The molecule has 0 atom stereocenters.